The molecule has 115 heavy (non-hydrogen) atoms. The van der Waals surface area contributed by atoms with Gasteiger partial charge in [0.2, 0.25) is 0 Å². The Balaban J connectivity index is 0.000000138. The molecular weight excluding hydrogens is 1450 g/mol. The summed E-state index contributed by atoms with van der Waals surface area (Å²) in [5.74, 6) is -0.901. The SMILES string of the molecule is Cc1[nH]c(/C=C2\C(=O)Nc3ccc(-c4cnn(-c5ccccc5)c4)cc32)c(C)c1C(=O)C[C@H]1CCCN(C(=O)OC(C)(C)C)C1.Cc1[nH]c(/C=C2\C(=O)Nc3ccc(-c4cnn(-c5ccccc5)c4)cc32)c(C)c1C(=O)C[C@H]1CCCNC1.Cc1[nH]c(/C=C2\C(=O)Nc3ccc(-c4cnn(-c5ccccc5)c4)cc32)c(C)c1C(=O)O. The van der Waals surface area contributed by atoms with Crippen molar-refractivity contribution in [2.45, 2.75) is 106 Å². The molecule has 2 atom stereocenters. The molecule has 582 valence electrons. The number of aromatic amines is 3. The Morgan fingerprint density at radius 2 is 0.843 bits per heavy atom. The van der Waals surface area contributed by atoms with Gasteiger partial charge in [-0.2, -0.15) is 15.3 Å². The van der Waals surface area contributed by atoms with Crippen LogP contribution in [0.15, 0.2) is 183 Å². The normalized spacial score (nSPS) is 16.6. The summed E-state index contributed by atoms with van der Waals surface area (Å²) in [5, 5.41) is 35.2. The van der Waals surface area contributed by atoms with Crippen molar-refractivity contribution in [3.05, 3.63) is 267 Å². The van der Waals surface area contributed by atoms with Crippen LogP contribution in [0.4, 0.5) is 21.9 Å². The lowest BCUT2D eigenvalue weighted by molar-refractivity contribution is -0.111. The number of benzene rings is 6. The van der Waals surface area contributed by atoms with Gasteiger partial charge in [-0.1, -0.05) is 72.8 Å². The van der Waals surface area contributed by atoms with E-state index in [4.69, 9.17) is 4.74 Å². The molecule has 2 fully saturated rings. The maximum absolute atomic E-state index is 13.6. The number of carbonyl (C=O) groups is 7. The number of para-hydroxylation sites is 3. The number of carboxylic acids is 1. The Morgan fingerprint density at radius 3 is 1.20 bits per heavy atom. The maximum Gasteiger partial charge on any atom is 0.410 e. The van der Waals surface area contributed by atoms with Crippen LogP contribution in [0.2, 0.25) is 0 Å². The van der Waals surface area contributed by atoms with Crippen LogP contribution in [-0.4, -0.2) is 127 Å². The summed E-state index contributed by atoms with van der Waals surface area (Å²) in [4.78, 5) is 101. The van der Waals surface area contributed by atoms with Crippen LogP contribution in [-0.2, 0) is 19.1 Å². The lowest BCUT2D eigenvalue weighted by Crippen LogP contribution is -2.43. The third-order valence-electron chi connectivity index (χ3n) is 21.8. The number of carboxylic acid groups (broad SMARTS) is 1. The van der Waals surface area contributed by atoms with Gasteiger partial charge in [0.25, 0.3) is 17.7 Å². The molecule has 2 saturated heterocycles. The second-order valence-electron chi connectivity index (χ2n) is 31.0. The second kappa shape index (κ2) is 32.3. The predicted molar refractivity (Wildman–Crippen MR) is 448 cm³/mol. The monoisotopic (exact) mass is 1530 g/mol. The number of hydrogen-bond donors (Lipinski definition) is 8. The number of aryl methyl sites for hydroxylation is 3. The average molecular weight is 1540 g/mol. The van der Waals surface area contributed by atoms with Gasteiger partial charge in [-0.25, -0.2) is 23.6 Å². The number of H-pyrrole nitrogens is 3. The summed E-state index contributed by atoms with van der Waals surface area (Å²) < 4.78 is 11.0. The van der Waals surface area contributed by atoms with Crippen molar-refractivity contribution in [2.75, 3.05) is 42.1 Å². The number of rotatable bonds is 16. The second-order valence-corrected chi connectivity index (χ2v) is 31.0. The number of ketones is 2. The van der Waals surface area contributed by atoms with Crippen LogP contribution in [0.1, 0.15) is 158 Å². The molecule has 4 amide bonds. The molecule has 0 spiro atoms. The molecule has 6 aromatic heterocycles. The quantitative estimate of drug-likeness (QED) is 0.0330. The van der Waals surface area contributed by atoms with E-state index in [1.807, 2.05) is 247 Å². The zero-order chi connectivity index (χ0) is 80.5. The van der Waals surface area contributed by atoms with E-state index >= 15 is 0 Å². The first-order chi connectivity index (χ1) is 55.4. The van der Waals surface area contributed by atoms with Crippen LogP contribution < -0.4 is 21.3 Å². The fraction of sp³-hybridized carbons (Fsp3) is 0.239. The minimum atomic E-state index is -0.991. The third kappa shape index (κ3) is 16.4. The molecule has 12 aromatic rings. The number of likely N-dealkylation sites (tertiary alicyclic amines) is 1. The summed E-state index contributed by atoms with van der Waals surface area (Å²) in [6.07, 6.45) is 21.3. The Morgan fingerprint density at radius 1 is 0.478 bits per heavy atom. The average Bonchev–Trinajstić information content (AvgIpc) is 1.63. The van der Waals surface area contributed by atoms with E-state index in [1.165, 1.54) is 0 Å². The van der Waals surface area contributed by atoms with Gasteiger partial charge in [0.15, 0.2) is 11.6 Å². The Kier molecular flexibility index (Phi) is 21.6. The number of nitrogens with zero attached hydrogens (tertiary/aromatic N) is 7. The zero-order valence-electron chi connectivity index (χ0n) is 65.6. The standard InChI is InChI=1S/C36H39N5O4.C31H31N5O2.C25H20N4O3/c1-22-31(38-23(2)33(22)32(42)16-24-10-9-15-40(20-24)35(44)45-36(3,4)5)18-29-28-17-25(13-14-30(28)39-34(29)43)26-19-37-41(21-26)27-11-7-6-8-12-27;1-19-28(34-20(2)30(19)29(37)13-21-7-6-12-32-16-21)15-26-25-14-22(10-11-27(25)35-31(26)38)23-17-33-36(18-23)24-8-4-3-5-9-24;1-14-22(27-15(2)23(14)25(31)32)11-20-19-10-16(8-9-21(19)28-24(20)30)17-12-26-29(13-17)18-6-4-3-5-7-18/h6-8,11-14,17-19,21,24,38H,9-10,15-16,20H2,1-5H3,(H,39,43);3-5,8-11,14-15,17-18,21,32,34H,6-7,12-13,16H2,1-2H3,(H,35,38);3-13,27H,1-2H3,(H,28,30)(H,31,32)/b29-18-;26-15-;20-11-/t24-;21-;/m11./s1. The van der Waals surface area contributed by atoms with Crippen molar-refractivity contribution < 1.29 is 43.4 Å². The van der Waals surface area contributed by atoms with Gasteiger partial charge >= 0.3 is 12.1 Å². The first kappa shape index (κ1) is 76.8. The van der Waals surface area contributed by atoms with E-state index < -0.39 is 11.6 Å². The number of ether oxygens (including phenoxy) is 1. The van der Waals surface area contributed by atoms with Crippen molar-refractivity contribution in [1.29, 1.82) is 0 Å². The molecule has 0 aliphatic carbocycles. The van der Waals surface area contributed by atoms with Gasteiger partial charge in [0.1, 0.15) is 5.60 Å². The Hall–Kier alpha value is -13.5. The number of anilines is 3. The van der Waals surface area contributed by atoms with E-state index in [2.05, 4.69) is 51.5 Å². The zero-order valence-corrected chi connectivity index (χ0v) is 65.6. The Bertz CT molecular complexity index is 5910. The van der Waals surface area contributed by atoms with Gasteiger partial charge in [-0.15, -0.1) is 0 Å². The van der Waals surface area contributed by atoms with Gasteiger partial charge in [-0.05, 0) is 237 Å². The minimum absolute atomic E-state index is 0.0379. The van der Waals surface area contributed by atoms with Crippen molar-refractivity contribution in [1.82, 2.24) is 54.5 Å². The molecule has 0 unspecified atom stereocenters. The van der Waals surface area contributed by atoms with Crippen molar-refractivity contribution in [2.24, 2.45) is 11.8 Å². The van der Waals surface area contributed by atoms with Crippen molar-refractivity contribution in [3.63, 3.8) is 0 Å². The van der Waals surface area contributed by atoms with Gasteiger partial charge < -0.3 is 51.0 Å². The fourth-order valence-electron chi connectivity index (χ4n) is 16.0. The number of aromatic nitrogens is 9. The molecule has 8 N–H and O–H groups in total. The molecule has 0 saturated carbocycles. The molecule has 0 bridgehead atoms. The van der Waals surface area contributed by atoms with Crippen LogP contribution in [0.3, 0.4) is 0 Å². The summed E-state index contributed by atoms with van der Waals surface area (Å²) in [6.45, 7) is 19.8. The molecule has 6 aromatic carbocycles. The number of fused-ring (bicyclic) bond motifs is 3. The number of Topliss-reactive ketones (excluding diaryl/α,β-unsaturated/α-hetero) is 2. The van der Waals surface area contributed by atoms with E-state index in [0.29, 0.717) is 71.1 Å². The topological polar surface area (TPSA) is 301 Å². The summed E-state index contributed by atoms with van der Waals surface area (Å²) in [6, 6.07) is 47.3. The number of hydrogen-bond acceptors (Lipinski definition) is 12. The van der Waals surface area contributed by atoms with Crippen molar-refractivity contribution in [3.8, 4) is 50.4 Å². The number of nitrogens with one attached hydrogen (secondary N) is 7. The highest BCUT2D eigenvalue weighted by molar-refractivity contribution is 6.37. The number of amides is 4. The number of aromatic carboxylic acids is 1. The third-order valence-corrected chi connectivity index (χ3v) is 21.8. The first-order valence-electron chi connectivity index (χ1n) is 38.8. The molecule has 5 aliphatic heterocycles. The van der Waals surface area contributed by atoms with Crippen LogP contribution >= 0.6 is 0 Å². The van der Waals surface area contributed by atoms with E-state index in [1.54, 1.807) is 35.7 Å². The summed E-state index contributed by atoms with van der Waals surface area (Å²) in [5.41, 5.74) is 22.6. The molecule has 17 rings (SSSR count). The van der Waals surface area contributed by atoms with Gasteiger partial charge in [0, 0.05) is 140 Å². The van der Waals surface area contributed by atoms with E-state index in [0.717, 1.165) is 162 Å². The first-order valence-corrected chi connectivity index (χ1v) is 38.8. The van der Waals surface area contributed by atoms with Gasteiger partial charge in [-0.3, -0.25) is 24.0 Å². The van der Waals surface area contributed by atoms with E-state index in [-0.39, 0.29) is 46.9 Å². The highest BCUT2D eigenvalue weighted by Crippen LogP contribution is 2.42. The number of piperidine rings is 2. The largest absolute Gasteiger partial charge is 0.478 e. The minimum Gasteiger partial charge on any atom is -0.478 e. The van der Waals surface area contributed by atoms with Crippen LogP contribution in [0.25, 0.3) is 85.4 Å². The van der Waals surface area contributed by atoms with Gasteiger partial charge in [0.05, 0.1) is 57.9 Å². The fourth-order valence-corrected chi connectivity index (χ4v) is 16.0. The molecule has 23 nitrogen and oxygen atoms in total. The van der Waals surface area contributed by atoms with Crippen LogP contribution in [0.5, 0.6) is 0 Å². The lowest BCUT2D eigenvalue weighted by atomic mass is 9.90. The van der Waals surface area contributed by atoms with Crippen molar-refractivity contribution >= 4 is 93.4 Å². The van der Waals surface area contributed by atoms with Crippen LogP contribution in [0, 0.1) is 53.4 Å². The summed E-state index contributed by atoms with van der Waals surface area (Å²) in [7, 11) is 0. The number of carbonyl (C=O) groups excluding carboxylic acids is 6. The predicted octanol–water partition coefficient (Wildman–Crippen LogP) is 17.4. The molecule has 23 heteroatoms. The molecule has 11 heterocycles. The molecular formula is C92H90N14O9. The molecule has 0 radical (unpaired) electrons. The highest BCUT2D eigenvalue weighted by atomic mass is 16.6. The maximum atomic E-state index is 13.6. The smallest absolute Gasteiger partial charge is 0.410 e. The summed E-state index contributed by atoms with van der Waals surface area (Å²) >= 11 is 0. The lowest BCUT2D eigenvalue weighted by Gasteiger charge is -2.34. The Labute approximate surface area is 665 Å². The van der Waals surface area contributed by atoms with E-state index in [9.17, 15) is 38.7 Å². The highest BCUT2D eigenvalue weighted by Gasteiger charge is 2.34. The molecule has 5 aliphatic rings.